The number of carbonyl (C=O) groups is 3. The molecule has 1 aromatic carbocycles. The van der Waals surface area contributed by atoms with Crippen molar-refractivity contribution in [2.75, 3.05) is 39.9 Å². The van der Waals surface area contributed by atoms with Crippen LogP contribution in [0, 0.1) is 11.8 Å². The van der Waals surface area contributed by atoms with Gasteiger partial charge in [0.05, 0.1) is 25.0 Å². The molecule has 0 unspecified atom stereocenters. The van der Waals surface area contributed by atoms with E-state index in [1.165, 1.54) is 23.8 Å². The molecule has 2 aliphatic heterocycles. The molecule has 12 heteroatoms. The number of piperidine rings is 2. The lowest BCUT2D eigenvalue weighted by Crippen LogP contribution is -2.52. The van der Waals surface area contributed by atoms with Gasteiger partial charge in [-0.2, -0.15) is 0 Å². The number of hydrogen-bond donors (Lipinski definition) is 1. The van der Waals surface area contributed by atoms with Crippen molar-refractivity contribution in [2.24, 2.45) is 11.8 Å². The molecule has 2 fully saturated rings. The Kier molecular flexibility index (Phi) is 11.9. The largest absolute Gasteiger partial charge is 0.467 e. The summed E-state index contributed by atoms with van der Waals surface area (Å²) in [7, 11) is 1.30. The SMILES string of the molecule is COC(=O)[C@H](COC(C)(C)C)NC(=O)N1CCC(CC(=O)N2CCC([C@H]3c4ncc(Br)cc4CCc4cc(Cl)cc(Br)c43)CC2)CC1. The zero-order valence-electron chi connectivity index (χ0n) is 27.6. The summed E-state index contributed by atoms with van der Waals surface area (Å²) >= 11 is 13.9. The minimum atomic E-state index is -0.884. The summed E-state index contributed by atoms with van der Waals surface area (Å²) < 4.78 is 12.6. The second-order valence-electron chi connectivity index (χ2n) is 13.9. The van der Waals surface area contributed by atoms with E-state index in [2.05, 4.69) is 49.3 Å². The maximum Gasteiger partial charge on any atom is 0.330 e. The van der Waals surface area contributed by atoms with Crippen LogP contribution in [0.1, 0.15) is 81.2 Å². The number of likely N-dealkylation sites (tertiary alicyclic amines) is 2. The molecule has 3 aliphatic rings. The number of nitrogens with zero attached hydrogens (tertiary/aromatic N) is 3. The molecule has 1 aromatic heterocycles. The quantitative estimate of drug-likeness (QED) is 0.307. The number of pyridine rings is 1. The molecule has 3 heterocycles. The van der Waals surface area contributed by atoms with Crippen molar-refractivity contribution in [2.45, 2.75) is 83.3 Å². The van der Waals surface area contributed by atoms with Crippen LogP contribution in [0.25, 0.3) is 0 Å². The fourth-order valence-electron chi connectivity index (χ4n) is 7.11. The topological polar surface area (TPSA) is 101 Å². The van der Waals surface area contributed by atoms with E-state index in [1.54, 1.807) is 4.90 Å². The zero-order valence-corrected chi connectivity index (χ0v) is 31.5. The predicted molar refractivity (Wildman–Crippen MR) is 189 cm³/mol. The van der Waals surface area contributed by atoms with Crippen LogP contribution in [0.5, 0.6) is 0 Å². The first-order valence-electron chi connectivity index (χ1n) is 16.5. The van der Waals surface area contributed by atoms with E-state index in [1.807, 2.05) is 37.9 Å². The van der Waals surface area contributed by atoms with E-state index >= 15 is 0 Å². The Balaban J connectivity index is 1.15. The number of hydrogen-bond acceptors (Lipinski definition) is 6. The summed E-state index contributed by atoms with van der Waals surface area (Å²) in [5.74, 6) is 0.349. The van der Waals surface area contributed by atoms with Crippen molar-refractivity contribution in [3.8, 4) is 0 Å². The Morgan fingerprint density at radius 3 is 2.32 bits per heavy atom. The maximum atomic E-state index is 13.5. The fraction of sp³-hybridized carbons (Fsp3) is 0.600. The van der Waals surface area contributed by atoms with E-state index in [0.717, 1.165) is 71.3 Å². The van der Waals surface area contributed by atoms with Crippen molar-refractivity contribution < 1.29 is 23.9 Å². The molecule has 5 rings (SSSR count). The lowest BCUT2D eigenvalue weighted by atomic mass is 9.76. The normalized spacial score (nSPS) is 19.8. The maximum absolute atomic E-state index is 13.5. The van der Waals surface area contributed by atoms with Gasteiger partial charge in [-0.25, -0.2) is 9.59 Å². The second kappa shape index (κ2) is 15.6. The number of rotatable bonds is 7. The number of halogens is 3. The molecular weight excluding hydrogens is 752 g/mol. The van der Waals surface area contributed by atoms with E-state index < -0.39 is 17.6 Å². The van der Waals surface area contributed by atoms with E-state index in [0.29, 0.717) is 25.4 Å². The third-order valence-corrected chi connectivity index (χ3v) is 10.9. The summed E-state index contributed by atoms with van der Waals surface area (Å²) in [6.07, 6.45) is 7.49. The minimum Gasteiger partial charge on any atom is -0.467 e. The van der Waals surface area contributed by atoms with Gasteiger partial charge in [0.15, 0.2) is 6.04 Å². The molecule has 1 N–H and O–H groups in total. The molecule has 2 saturated heterocycles. The van der Waals surface area contributed by atoms with Crippen molar-refractivity contribution >= 4 is 61.4 Å². The second-order valence-corrected chi connectivity index (χ2v) is 16.1. The molecule has 0 radical (unpaired) electrons. The molecule has 1 aliphatic carbocycles. The van der Waals surface area contributed by atoms with Gasteiger partial charge in [0.25, 0.3) is 0 Å². The van der Waals surface area contributed by atoms with Gasteiger partial charge in [-0.15, -0.1) is 0 Å². The van der Waals surface area contributed by atoms with Crippen LogP contribution >= 0.6 is 43.5 Å². The summed E-state index contributed by atoms with van der Waals surface area (Å²) in [5.41, 5.74) is 4.49. The first kappa shape index (κ1) is 36.1. The Hall–Kier alpha value is -2.21. The number of urea groups is 1. The van der Waals surface area contributed by atoms with Crippen LogP contribution in [0.3, 0.4) is 0 Å². The monoisotopic (exact) mass is 794 g/mol. The summed E-state index contributed by atoms with van der Waals surface area (Å²) in [6, 6.07) is 5.09. The fourth-order valence-corrected chi connectivity index (χ4v) is 8.61. The number of aryl methyl sites for hydroxylation is 2. The molecule has 2 atom stereocenters. The third kappa shape index (κ3) is 9.08. The third-order valence-electron chi connectivity index (χ3n) is 9.61. The van der Waals surface area contributed by atoms with Crippen molar-refractivity contribution in [3.63, 3.8) is 0 Å². The standard InChI is InChI=1S/C35H45Br2ClN4O5/c1-35(2,3)47-20-28(33(44)46-4)40-34(45)42-11-7-21(8-12-42)15-29(43)41-13-9-22(10-14-41)31-30-23(17-26(38)18-27(30)37)5-6-24-16-25(36)19-39-32(24)31/h16-19,21-22,28,31H,5-15,20H2,1-4H3,(H,40,45)/t28-,31+/m0/s1. The molecule has 9 nitrogen and oxygen atoms in total. The average molecular weight is 797 g/mol. The molecule has 256 valence electrons. The number of methoxy groups -OCH3 is 1. The Bertz CT molecular complexity index is 1470. The van der Waals surface area contributed by atoms with E-state index in [9.17, 15) is 14.4 Å². The van der Waals surface area contributed by atoms with Crippen LogP contribution in [0.15, 0.2) is 33.3 Å². The van der Waals surface area contributed by atoms with Crippen LogP contribution < -0.4 is 5.32 Å². The summed E-state index contributed by atoms with van der Waals surface area (Å²) in [5, 5.41) is 3.50. The smallest absolute Gasteiger partial charge is 0.330 e. The summed E-state index contributed by atoms with van der Waals surface area (Å²) in [4.78, 5) is 47.4. The zero-order chi connectivity index (χ0) is 33.9. The number of benzene rings is 1. The number of carbonyl (C=O) groups excluding carboxylic acids is 3. The number of fused-ring (bicyclic) bond motifs is 2. The number of esters is 1. The number of aromatic nitrogens is 1. The Labute approximate surface area is 299 Å². The highest BCUT2D eigenvalue weighted by Crippen LogP contribution is 2.46. The van der Waals surface area contributed by atoms with Gasteiger partial charge in [-0.3, -0.25) is 9.78 Å². The molecule has 2 aromatic rings. The van der Waals surface area contributed by atoms with E-state index in [4.69, 9.17) is 26.1 Å². The van der Waals surface area contributed by atoms with Gasteiger partial charge in [-0.1, -0.05) is 27.5 Å². The molecular formula is C35H45Br2ClN4O5. The average Bonchev–Trinajstić information content (AvgIpc) is 3.19. The summed E-state index contributed by atoms with van der Waals surface area (Å²) in [6.45, 7) is 8.20. The van der Waals surface area contributed by atoms with Crippen molar-refractivity contribution in [1.82, 2.24) is 20.1 Å². The van der Waals surface area contributed by atoms with Crippen LogP contribution in [-0.2, 0) is 31.9 Å². The minimum absolute atomic E-state index is 0.0310. The molecule has 0 spiro atoms. The van der Waals surface area contributed by atoms with Gasteiger partial charge in [0, 0.05) is 58.7 Å². The van der Waals surface area contributed by atoms with Crippen molar-refractivity contribution in [1.29, 1.82) is 0 Å². The van der Waals surface area contributed by atoms with Crippen molar-refractivity contribution in [3.05, 3.63) is 60.7 Å². The van der Waals surface area contributed by atoms with Gasteiger partial charge in [0.2, 0.25) is 5.91 Å². The van der Waals surface area contributed by atoms with Gasteiger partial charge in [-0.05, 0) is 122 Å². The highest BCUT2D eigenvalue weighted by molar-refractivity contribution is 9.10. The Morgan fingerprint density at radius 2 is 1.66 bits per heavy atom. The van der Waals surface area contributed by atoms with Gasteiger partial charge in [0.1, 0.15) is 0 Å². The first-order valence-corrected chi connectivity index (χ1v) is 18.5. The highest BCUT2D eigenvalue weighted by Gasteiger charge is 2.37. The number of amides is 3. The number of nitrogens with one attached hydrogen (secondary N) is 1. The van der Waals surface area contributed by atoms with Gasteiger partial charge < -0.3 is 24.6 Å². The predicted octanol–water partition coefficient (Wildman–Crippen LogP) is 6.90. The first-order chi connectivity index (χ1) is 22.3. The lowest BCUT2D eigenvalue weighted by Gasteiger charge is -2.38. The lowest BCUT2D eigenvalue weighted by molar-refractivity contribution is -0.146. The van der Waals surface area contributed by atoms with E-state index in [-0.39, 0.29) is 30.4 Å². The number of ether oxygens (including phenoxy) is 2. The highest BCUT2D eigenvalue weighted by atomic mass is 79.9. The van der Waals surface area contributed by atoms with Crippen LogP contribution in [0.4, 0.5) is 4.79 Å². The Morgan fingerprint density at radius 1 is 1.00 bits per heavy atom. The van der Waals surface area contributed by atoms with Crippen LogP contribution in [0.2, 0.25) is 5.02 Å². The molecule has 0 bridgehead atoms. The molecule has 47 heavy (non-hydrogen) atoms. The molecule has 0 saturated carbocycles. The van der Waals surface area contributed by atoms with Crippen LogP contribution in [-0.4, -0.2) is 84.2 Å². The molecule has 3 amide bonds. The van der Waals surface area contributed by atoms with Gasteiger partial charge >= 0.3 is 12.0 Å².